The van der Waals surface area contributed by atoms with Crippen molar-refractivity contribution in [2.75, 3.05) is 27.3 Å². The van der Waals surface area contributed by atoms with Gasteiger partial charge in [-0.05, 0) is 110 Å². The van der Waals surface area contributed by atoms with Crippen LogP contribution in [0.4, 0.5) is 9.59 Å². The van der Waals surface area contributed by atoms with E-state index in [-0.39, 0.29) is 48.1 Å². The Morgan fingerprint density at radius 1 is 0.596 bits per heavy atom. The van der Waals surface area contributed by atoms with Crippen LogP contribution in [0.25, 0.3) is 0 Å². The van der Waals surface area contributed by atoms with Gasteiger partial charge in [0, 0.05) is 25.0 Å². The third-order valence-corrected chi connectivity index (χ3v) is 8.49. The Morgan fingerprint density at radius 3 is 1.19 bits per heavy atom. The molecular formula is C34H44MgN2O10. The molecule has 0 bridgehead atoms. The van der Waals surface area contributed by atoms with Crippen LogP contribution in [0, 0.1) is 23.7 Å². The number of hydrogen-bond donors (Lipinski definition) is 2. The molecule has 13 heteroatoms. The maximum atomic E-state index is 11.7. The number of nitrogens with one attached hydrogen (secondary N) is 2. The van der Waals surface area contributed by atoms with E-state index in [1.165, 1.54) is 0 Å². The van der Waals surface area contributed by atoms with Crippen LogP contribution in [0.1, 0.15) is 62.5 Å². The first-order chi connectivity index (χ1) is 22.2. The second-order valence-corrected chi connectivity index (χ2v) is 11.7. The van der Waals surface area contributed by atoms with E-state index < -0.39 is 24.1 Å². The molecule has 2 aliphatic carbocycles. The number of hydrogen-bond acceptors (Lipinski definition) is 10. The van der Waals surface area contributed by atoms with Crippen LogP contribution in [-0.2, 0) is 32.3 Å². The molecule has 2 N–H and O–H groups in total. The molecule has 47 heavy (non-hydrogen) atoms. The number of alkyl carbamates (subject to hydrolysis) is 2. The third-order valence-electron chi connectivity index (χ3n) is 8.49. The van der Waals surface area contributed by atoms with Gasteiger partial charge in [-0.1, -0.05) is 24.3 Å². The molecule has 0 saturated heterocycles. The van der Waals surface area contributed by atoms with Crippen LogP contribution in [0.3, 0.4) is 0 Å². The average Bonchev–Trinajstić information content (AvgIpc) is 3.09. The summed E-state index contributed by atoms with van der Waals surface area (Å²) in [5.74, 6) is -0.485. The van der Waals surface area contributed by atoms with Crippen LogP contribution >= 0.6 is 0 Å². The summed E-state index contributed by atoms with van der Waals surface area (Å²) in [4.78, 5) is 44.9. The Balaban J connectivity index is 0.000000320. The summed E-state index contributed by atoms with van der Waals surface area (Å²) in [5.41, 5.74) is 1.77. The molecule has 2 fully saturated rings. The molecule has 2 amide bonds. The monoisotopic (exact) mass is 664 g/mol. The first kappa shape index (κ1) is 39.5. The number of aliphatic carboxylic acids is 2. The second kappa shape index (κ2) is 21.2. The van der Waals surface area contributed by atoms with Gasteiger partial charge in [0.05, 0.1) is 14.2 Å². The van der Waals surface area contributed by atoms with Crippen molar-refractivity contribution in [1.29, 1.82) is 0 Å². The molecule has 252 valence electrons. The van der Waals surface area contributed by atoms with Crippen molar-refractivity contribution in [1.82, 2.24) is 10.6 Å². The summed E-state index contributed by atoms with van der Waals surface area (Å²) in [6.45, 7) is 1.43. The van der Waals surface area contributed by atoms with Crippen molar-refractivity contribution in [3.8, 4) is 11.5 Å². The molecule has 0 spiro atoms. The van der Waals surface area contributed by atoms with Gasteiger partial charge in [0.15, 0.2) is 0 Å². The number of amides is 2. The Bertz CT molecular complexity index is 1150. The number of carbonyl (C=O) groups is 4. The predicted molar refractivity (Wildman–Crippen MR) is 169 cm³/mol. The summed E-state index contributed by atoms with van der Waals surface area (Å²) in [6.07, 6.45) is 4.73. The van der Waals surface area contributed by atoms with E-state index in [0.717, 1.165) is 48.3 Å². The van der Waals surface area contributed by atoms with Gasteiger partial charge in [-0.15, -0.1) is 0 Å². The standard InChI is InChI=1S/2C17H23NO5.Mg/c2*1-22-15-8-4-13(5-9-15)11-23-17(21)18-10-12-2-6-14(7-3-12)16(19)20;/h2*4-5,8-9,12,14H,2-3,6-7,10-11H2,1H3,(H,18,21)(H,19,20);/q;;+2/p-2. The number of ether oxygens (including phenoxy) is 4. The molecule has 0 heterocycles. The summed E-state index contributed by atoms with van der Waals surface area (Å²) in [7, 11) is 3.19. The van der Waals surface area contributed by atoms with Gasteiger partial charge < -0.3 is 49.4 Å². The number of rotatable bonds is 12. The van der Waals surface area contributed by atoms with Crippen LogP contribution in [0.5, 0.6) is 11.5 Å². The number of carbonyl (C=O) groups excluding carboxylic acids is 4. The van der Waals surface area contributed by atoms with Gasteiger partial charge in [-0.2, -0.15) is 0 Å². The van der Waals surface area contributed by atoms with Gasteiger partial charge in [0.1, 0.15) is 24.7 Å². The molecule has 0 aromatic heterocycles. The summed E-state index contributed by atoms with van der Waals surface area (Å²) in [5, 5.41) is 27.0. The number of benzene rings is 2. The number of carboxylic acids is 2. The zero-order valence-electron chi connectivity index (χ0n) is 27.2. The van der Waals surface area contributed by atoms with Crippen LogP contribution in [0.15, 0.2) is 48.5 Å². The van der Waals surface area contributed by atoms with E-state index in [1.54, 1.807) is 14.2 Å². The molecular weight excluding hydrogens is 621 g/mol. The van der Waals surface area contributed by atoms with Gasteiger partial charge in [0.2, 0.25) is 0 Å². The van der Waals surface area contributed by atoms with Gasteiger partial charge in [-0.3, -0.25) is 0 Å². The minimum Gasteiger partial charge on any atom is -0.550 e. The van der Waals surface area contributed by atoms with Gasteiger partial charge in [-0.25, -0.2) is 9.59 Å². The first-order valence-corrected chi connectivity index (χ1v) is 15.7. The van der Waals surface area contributed by atoms with Crippen molar-refractivity contribution in [3.05, 3.63) is 59.7 Å². The largest absolute Gasteiger partial charge is 2.00 e. The van der Waals surface area contributed by atoms with E-state index in [2.05, 4.69) is 10.6 Å². The number of carboxylic acid groups (broad SMARTS) is 2. The zero-order chi connectivity index (χ0) is 33.3. The van der Waals surface area contributed by atoms with Crippen molar-refractivity contribution < 1.29 is 48.3 Å². The van der Waals surface area contributed by atoms with Crippen molar-refractivity contribution >= 4 is 47.2 Å². The Labute approximate surface area is 292 Å². The molecule has 2 aromatic carbocycles. The Morgan fingerprint density at radius 2 is 0.915 bits per heavy atom. The summed E-state index contributed by atoms with van der Waals surface area (Å²) >= 11 is 0. The molecule has 4 rings (SSSR count). The van der Waals surface area contributed by atoms with E-state index in [9.17, 15) is 29.4 Å². The maximum absolute atomic E-state index is 11.7. The van der Waals surface area contributed by atoms with Gasteiger partial charge in [0.25, 0.3) is 0 Å². The summed E-state index contributed by atoms with van der Waals surface area (Å²) < 4.78 is 20.4. The normalized spacial score (nSPS) is 20.1. The minimum atomic E-state index is -0.963. The summed E-state index contributed by atoms with van der Waals surface area (Å²) in [6, 6.07) is 14.6. The van der Waals surface area contributed by atoms with Crippen LogP contribution < -0.4 is 30.3 Å². The third kappa shape index (κ3) is 14.7. The molecule has 0 radical (unpaired) electrons. The van der Waals surface area contributed by atoms with Crippen LogP contribution in [-0.4, -0.2) is 74.5 Å². The predicted octanol–water partition coefficient (Wildman–Crippen LogP) is 2.57. The maximum Gasteiger partial charge on any atom is 2.00 e. The molecule has 2 aromatic rings. The molecule has 2 saturated carbocycles. The molecule has 2 aliphatic rings. The van der Waals surface area contributed by atoms with E-state index >= 15 is 0 Å². The molecule has 0 aliphatic heterocycles. The fourth-order valence-corrected chi connectivity index (χ4v) is 5.50. The fraction of sp³-hybridized carbons (Fsp3) is 0.529. The van der Waals surface area contributed by atoms with E-state index in [0.29, 0.717) is 50.6 Å². The minimum absolute atomic E-state index is 0. The topological polar surface area (TPSA) is 175 Å². The zero-order valence-corrected chi connectivity index (χ0v) is 28.6. The van der Waals surface area contributed by atoms with Crippen molar-refractivity contribution in [3.63, 3.8) is 0 Å². The van der Waals surface area contributed by atoms with Crippen LogP contribution in [0.2, 0.25) is 0 Å². The fourth-order valence-electron chi connectivity index (χ4n) is 5.50. The second-order valence-electron chi connectivity index (χ2n) is 11.7. The number of methoxy groups -OCH3 is 2. The van der Waals surface area contributed by atoms with E-state index in [4.69, 9.17) is 18.9 Å². The molecule has 12 nitrogen and oxygen atoms in total. The SMILES string of the molecule is COc1ccc(COC(=O)NCC2CCC(C(=O)[O-])CC2)cc1.COc1ccc(COC(=O)NCC2CCC(C(=O)[O-])CC2)cc1.[Mg+2]. The average molecular weight is 665 g/mol. The van der Waals surface area contributed by atoms with Crippen molar-refractivity contribution in [2.24, 2.45) is 23.7 Å². The quantitative estimate of drug-likeness (QED) is 0.321. The first-order valence-electron chi connectivity index (χ1n) is 15.7. The molecule has 0 unspecified atom stereocenters. The smallest absolute Gasteiger partial charge is 0.550 e. The molecule has 0 atom stereocenters. The van der Waals surface area contributed by atoms with E-state index in [1.807, 2.05) is 48.5 Å². The Hall–Kier alpha value is -3.71. The van der Waals surface area contributed by atoms with Gasteiger partial charge >= 0.3 is 35.2 Å². The van der Waals surface area contributed by atoms with Crippen molar-refractivity contribution in [2.45, 2.75) is 64.6 Å². The Kier molecular flexibility index (Phi) is 17.8.